The molecule has 0 radical (unpaired) electrons. The summed E-state index contributed by atoms with van der Waals surface area (Å²) in [6, 6.07) is 4.17. The van der Waals surface area contributed by atoms with Gasteiger partial charge in [0.25, 0.3) is 0 Å². The molecule has 0 bridgehead atoms. The van der Waals surface area contributed by atoms with Crippen LogP contribution in [-0.4, -0.2) is 45.2 Å². The summed E-state index contributed by atoms with van der Waals surface area (Å²) in [5.74, 6) is -0.212. The molecule has 11 heteroatoms. The third kappa shape index (κ3) is 5.82. The molecule has 1 aromatic carbocycles. The monoisotopic (exact) mass is 484 g/mol. The standard InChI is InChI=1S/C22H24ClF3N4O3/c1-12(8-18(32)27-10-14-4-6-15(7-5-14)22(24,25)26)20-17(23)9-16(13(2)30(20)3)21-29-28-19(11-31)33-21/h4-9,13,16,20,31H,10-11H2,1-3H3,(H,27,32)/b12-8+. The van der Waals surface area contributed by atoms with E-state index in [9.17, 15) is 18.0 Å². The molecule has 3 atom stereocenters. The van der Waals surface area contributed by atoms with Gasteiger partial charge in [-0.1, -0.05) is 29.8 Å². The van der Waals surface area contributed by atoms with E-state index in [2.05, 4.69) is 15.5 Å². The van der Waals surface area contributed by atoms with E-state index in [1.54, 1.807) is 13.0 Å². The minimum Gasteiger partial charge on any atom is -0.422 e. The third-order valence-corrected chi connectivity index (χ3v) is 5.94. The molecule has 1 aliphatic rings. The number of aliphatic hydroxyl groups excluding tert-OH is 1. The van der Waals surface area contributed by atoms with E-state index in [1.165, 1.54) is 18.2 Å². The lowest BCUT2D eigenvalue weighted by molar-refractivity contribution is -0.137. The molecule has 0 aliphatic carbocycles. The number of carbonyl (C=O) groups is 1. The van der Waals surface area contributed by atoms with Gasteiger partial charge in [-0.25, -0.2) is 0 Å². The van der Waals surface area contributed by atoms with Crippen molar-refractivity contribution in [2.24, 2.45) is 0 Å². The van der Waals surface area contributed by atoms with Crippen LogP contribution in [-0.2, 0) is 24.1 Å². The summed E-state index contributed by atoms with van der Waals surface area (Å²) >= 11 is 6.55. The van der Waals surface area contributed by atoms with Gasteiger partial charge in [0.2, 0.25) is 17.7 Å². The molecule has 178 valence electrons. The molecular formula is C22H24ClF3N4O3. The van der Waals surface area contributed by atoms with Crippen molar-refractivity contribution in [2.45, 2.75) is 51.2 Å². The normalized spacial score (nSPS) is 22.2. The van der Waals surface area contributed by atoms with E-state index >= 15 is 0 Å². The van der Waals surface area contributed by atoms with E-state index in [0.29, 0.717) is 22.1 Å². The van der Waals surface area contributed by atoms with Crippen LogP contribution in [0.25, 0.3) is 0 Å². The molecule has 1 amide bonds. The number of hydrogen-bond donors (Lipinski definition) is 2. The maximum atomic E-state index is 12.7. The van der Waals surface area contributed by atoms with Crippen LogP contribution in [0.15, 0.2) is 51.4 Å². The second kappa shape index (κ2) is 10.1. The maximum absolute atomic E-state index is 12.7. The molecule has 7 nitrogen and oxygen atoms in total. The van der Waals surface area contributed by atoms with Crippen molar-refractivity contribution < 1.29 is 27.5 Å². The second-order valence-electron chi connectivity index (χ2n) is 7.88. The van der Waals surface area contributed by atoms with Crippen molar-refractivity contribution in [1.29, 1.82) is 0 Å². The molecule has 0 saturated carbocycles. The fourth-order valence-electron chi connectivity index (χ4n) is 3.70. The van der Waals surface area contributed by atoms with Crippen LogP contribution in [0.4, 0.5) is 13.2 Å². The lowest BCUT2D eigenvalue weighted by Crippen LogP contribution is -2.46. The Labute approximate surface area is 193 Å². The Hall–Kier alpha value is -2.69. The van der Waals surface area contributed by atoms with E-state index in [4.69, 9.17) is 21.1 Å². The first-order chi connectivity index (χ1) is 15.5. The van der Waals surface area contributed by atoms with Crippen molar-refractivity contribution in [1.82, 2.24) is 20.4 Å². The van der Waals surface area contributed by atoms with Gasteiger partial charge in [-0.15, -0.1) is 10.2 Å². The first-order valence-corrected chi connectivity index (χ1v) is 10.5. The number of aliphatic hydroxyl groups is 1. The number of likely N-dealkylation sites (N-methyl/N-ethyl adjacent to an activating group) is 1. The first-order valence-electron chi connectivity index (χ1n) is 10.2. The van der Waals surface area contributed by atoms with Gasteiger partial charge in [0.1, 0.15) is 6.61 Å². The largest absolute Gasteiger partial charge is 0.422 e. The molecule has 0 fully saturated rings. The Morgan fingerprint density at radius 3 is 2.55 bits per heavy atom. The van der Waals surface area contributed by atoms with E-state index in [0.717, 1.165) is 12.1 Å². The Balaban J connectivity index is 1.67. The topological polar surface area (TPSA) is 91.5 Å². The number of benzene rings is 1. The Bertz CT molecular complexity index is 1050. The average Bonchev–Trinajstić information content (AvgIpc) is 3.23. The highest BCUT2D eigenvalue weighted by Gasteiger charge is 2.37. The number of halogens is 4. The predicted molar refractivity (Wildman–Crippen MR) is 115 cm³/mol. The Morgan fingerprint density at radius 1 is 1.30 bits per heavy atom. The van der Waals surface area contributed by atoms with Gasteiger partial charge in [-0.3, -0.25) is 9.69 Å². The molecule has 3 rings (SSSR count). The molecule has 2 heterocycles. The molecule has 0 spiro atoms. The number of nitrogens with zero attached hydrogens (tertiary/aromatic N) is 3. The molecule has 0 saturated heterocycles. The van der Waals surface area contributed by atoms with Crippen molar-refractivity contribution in [3.8, 4) is 0 Å². The molecule has 1 aromatic heterocycles. The zero-order chi connectivity index (χ0) is 24.3. The lowest BCUT2D eigenvalue weighted by atomic mass is 9.90. The zero-order valence-corrected chi connectivity index (χ0v) is 19.0. The summed E-state index contributed by atoms with van der Waals surface area (Å²) < 4.78 is 43.4. The summed E-state index contributed by atoms with van der Waals surface area (Å²) in [5, 5.41) is 20.0. The van der Waals surface area contributed by atoms with E-state index < -0.39 is 11.7 Å². The lowest BCUT2D eigenvalue weighted by Gasteiger charge is -2.40. The van der Waals surface area contributed by atoms with Gasteiger partial charge >= 0.3 is 6.18 Å². The number of amides is 1. The fraction of sp³-hybridized carbons (Fsp3) is 0.409. The molecule has 33 heavy (non-hydrogen) atoms. The van der Waals surface area contributed by atoms with Crippen LogP contribution < -0.4 is 5.32 Å². The van der Waals surface area contributed by atoms with Gasteiger partial charge in [0.15, 0.2) is 0 Å². The van der Waals surface area contributed by atoms with Crippen LogP contribution in [0.3, 0.4) is 0 Å². The van der Waals surface area contributed by atoms with Gasteiger partial charge < -0.3 is 14.8 Å². The highest BCUT2D eigenvalue weighted by molar-refractivity contribution is 6.30. The predicted octanol–water partition coefficient (Wildman–Crippen LogP) is 3.75. The van der Waals surface area contributed by atoms with Crippen LogP contribution in [0.2, 0.25) is 0 Å². The van der Waals surface area contributed by atoms with Gasteiger partial charge in [-0.05, 0) is 44.2 Å². The van der Waals surface area contributed by atoms with Crippen LogP contribution in [0.1, 0.15) is 42.7 Å². The molecular weight excluding hydrogens is 461 g/mol. The first kappa shape index (κ1) is 24.9. The number of aromatic nitrogens is 2. The van der Waals surface area contributed by atoms with Gasteiger partial charge in [-0.2, -0.15) is 13.2 Å². The van der Waals surface area contributed by atoms with Crippen molar-refractivity contribution in [3.63, 3.8) is 0 Å². The number of hydrogen-bond acceptors (Lipinski definition) is 6. The van der Waals surface area contributed by atoms with Crippen molar-refractivity contribution in [3.05, 3.63) is 69.9 Å². The average molecular weight is 485 g/mol. The van der Waals surface area contributed by atoms with Crippen LogP contribution in [0, 0.1) is 0 Å². The minimum atomic E-state index is -4.40. The third-order valence-electron chi connectivity index (χ3n) is 5.61. The van der Waals surface area contributed by atoms with Gasteiger partial charge in [0, 0.05) is 23.7 Å². The van der Waals surface area contributed by atoms with Crippen LogP contribution >= 0.6 is 11.6 Å². The van der Waals surface area contributed by atoms with E-state index in [-0.39, 0.29) is 43.0 Å². The van der Waals surface area contributed by atoms with Crippen LogP contribution in [0.5, 0.6) is 0 Å². The summed E-state index contributed by atoms with van der Waals surface area (Å²) in [6.07, 6.45) is -1.19. The smallest absolute Gasteiger partial charge is 0.416 e. The highest BCUT2D eigenvalue weighted by Crippen LogP contribution is 2.36. The zero-order valence-electron chi connectivity index (χ0n) is 18.2. The highest BCUT2D eigenvalue weighted by atomic mass is 35.5. The quantitative estimate of drug-likeness (QED) is 0.607. The van der Waals surface area contributed by atoms with Gasteiger partial charge in [0.05, 0.1) is 17.5 Å². The Morgan fingerprint density at radius 2 is 1.97 bits per heavy atom. The second-order valence-corrected chi connectivity index (χ2v) is 8.32. The molecule has 3 unspecified atom stereocenters. The van der Waals surface area contributed by atoms with Crippen molar-refractivity contribution in [2.75, 3.05) is 7.05 Å². The minimum absolute atomic E-state index is 0.0909. The number of carbonyl (C=O) groups excluding carboxylic acids is 1. The summed E-state index contributed by atoms with van der Waals surface area (Å²) in [7, 11) is 1.86. The number of alkyl halides is 3. The van der Waals surface area contributed by atoms with E-state index in [1.807, 2.05) is 18.9 Å². The molecule has 2 N–H and O–H groups in total. The SMILES string of the molecule is C/C(=C\C(=O)NCc1ccc(C(F)(F)F)cc1)C1C(Cl)=CC(c2nnc(CO)o2)C(C)N1C. The molecule has 2 aromatic rings. The summed E-state index contributed by atoms with van der Waals surface area (Å²) in [6.45, 7) is 3.47. The number of nitrogens with one attached hydrogen (secondary N) is 1. The molecule has 1 aliphatic heterocycles. The number of rotatable bonds is 6. The fourth-order valence-corrected chi connectivity index (χ4v) is 4.17. The van der Waals surface area contributed by atoms with Crippen molar-refractivity contribution >= 4 is 17.5 Å². The Kier molecular flexibility index (Phi) is 7.61. The summed E-state index contributed by atoms with van der Waals surface area (Å²) in [5.41, 5.74) is 0.500. The summed E-state index contributed by atoms with van der Waals surface area (Å²) in [4.78, 5) is 14.4. The maximum Gasteiger partial charge on any atom is 0.416 e.